The third kappa shape index (κ3) is 4.82. The molecule has 0 bridgehead atoms. The van der Waals surface area contributed by atoms with Gasteiger partial charge in [0.05, 0.1) is 18.3 Å². The smallest absolute Gasteiger partial charge is 0.277 e. The van der Waals surface area contributed by atoms with Gasteiger partial charge in [-0.15, -0.1) is 11.3 Å². The van der Waals surface area contributed by atoms with E-state index < -0.39 is 5.91 Å². The van der Waals surface area contributed by atoms with Crippen molar-refractivity contribution >= 4 is 45.6 Å². The van der Waals surface area contributed by atoms with Crippen molar-refractivity contribution in [3.05, 3.63) is 64.6 Å². The molecule has 2 heterocycles. The van der Waals surface area contributed by atoms with Crippen LogP contribution in [0.1, 0.15) is 16.2 Å². The molecule has 2 aromatic heterocycles. The molecule has 0 aliphatic heterocycles. The fourth-order valence-corrected chi connectivity index (χ4v) is 2.85. The van der Waals surface area contributed by atoms with Crippen LogP contribution < -0.4 is 10.6 Å². The van der Waals surface area contributed by atoms with Gasteiger partial charge in [-0.25, -0.2) is 9.97 Å². The number of carbonyl (C=O) groups is 2. The number of amides is 2. The molecule has 3 rings (SSSR count). The van der Waals surface area contributed by atoms with Gasteiger partial charge in [0, 0.05) is 28.5 Å². The SMILES string of the molecule is O=C(Cc1csc(NC(=O)c2cnccn2)n1)Nc1cccc(Cl)c1. The van der Waals surface area contributed by atoms with Crippen LogP contribution in [0.15, 0.2) is 48.2 Å². The van der Waals surface area contributed by atoms with Crippen LogP contribution in [0.2, 0.25) is 5.02 Å². The van der Waals surface area contributed by atoms with Gasteiger partial charge in [-0.2, -0.15) is 0 Å². The van der Waals surface area contributed by atoms with E-state index in [2.05, 4.69) is 25.6 Å². The lowest BCUT2D eigenvalue weighted by Gasteiger charge is -2.04. The number of carbonyl (C=O) groups excluding carboxylic acids is 2. The van der Waals surface area contributed by atoms with E-state index in [9.17, 15) is 9.59 Å². The molecule has 0 aliphatic carbocycles. The molecule has 9 heteroatoms. The molecule has 1 aromatic carbocycles. The van der Waals surface area contributed by atoms with Crippen molar-refractivity contribution in [1.82, 2.24) is 15.0 Å². The van der Waals surface area contributed by atoms with Crippen LogP contribution in [0, 0.1) is 0 Å². The molecule has 0 saturated heterocycles. The zero-order chi connectivity index (χ0) is 17.6. The van der Waals surface area contributed by atoms with Gasteiger partial charge in [-0.3, -0.25) is 19.9 Å². The predicted octanol–water partition coefficient (Wildman–Crippen LogP) is 3.02. The number of hydrogen-bond donors (Lipinski definition) is 2. The van der Waals surface area contributed by atoms with Crippen LogP contribution in [0.25, 0.3) is 0 Å². The molecule has 2 N–H and O–H groups in total. The Morgan fingerprint density at radius 2 is 2.08 bits per heavy atom. The molecule has 0 radical (unpaired) electrons. The monoisotopic (exact) mass is 373 g/mol. The summed E-state index contributed by atoms with van der Waals surface area (Å²) in [4.78, 5) is 36.0. The predicted molar refractivity (Wildman–Crippen MR) is 95.9 cm³/mol. The second-order valence-corrected chi connectivity index (χ2v) is 6.22. The maximum absolute atomic E-state index is 12.1. The van der Waals surface area contributed by atoms with Crippen molar-refractivity contribution in [2.45, 2.75) is 6.42 Å². The second kappa shape index (κ2) is 7.82. The maximum atomic E-state index is 12.1. The number of benzene rings is 1. The van der Waals surface area contributed by atoms with Crippen LogP contribution in [-0.2, 0) is 11.2 Å². The summed E-state index contributed by atoms with van der Waals surface area (Å²) in [6.45, 7) is 0. The third-order valence-electron chi connectivity index (χ3n) is 3.02. The Hall–Kier alpha value is -2.84. The molecule has 0 spiro atoms. The van der Waals surface area contributed by atoms with Gasteiger partial charge in [0.1, 0.15) is 5.69 Å². The Kier molecular flexibility index (Phi) is 5.32. The molecule has 7 nitrogen and oxygen atoms in total. The van der Waals surface area contributed by atoms with Crippen molar-refractivity contribution in [2.24, 2.45) is 0 Å². The number of rotatable bonds is 5. The Labute approximate surface area is 152 Å². The first-order chi connectivity index (χ1) is 12.1. The summed E-state index contributed by atoms with van der Waals surface area (Å²) in [5.41, 5.74) is 1.36. The summed E-state index contributed by atoms with van der Waals surface area (Å²) in [5, 5.41) is 8.01. The van der Waals surface area contributed by atoms with Crippen LogP contribution in [0.4, 0.5) is 10.8 Å². The molecule has 0 atom stereocenters. The van der Waals surface area contributed by atoms with E-state index in [4.69, 9.17) is 11.6 Å². The fourth-order valence-electron chi connectivity index (χ4n) is 1.96. The highest BCUT2D eigenvalue weighted by Gasteiger charge is 2.12. The molecule has 3 aromatic rings. The standard InChI is InChI=1S/C16H12ClN5O2S/c17-10-2-1-3-11(6-10)20-14(23)7-12-9-25-16(21-12)22-15(24)13-8-18-4-5-19-13/h1-6,8-9H,7H2,(H,20,23)(H,21,22,24). The normalized spacial score (nSPS) is 10.3. The average Bonchev–Trinajstić information content (AvgIpc) is 3.02. The van der Waals surface area contributed by atoms with Gasteiger partial charge in [0.25, 0.3) is 5.91 Å². The average molecular weight is 374 g/mol. The third-order valence-corrected chi connectivity index (χ3v) is 4.06. The van der Waals surface area contributed by atoms with E-state index in [1.807, 2.05) is 0 Å². The zero-order valence-electron chi connectivity index (χ0n) is 12.8. The van der Waals surface area contributed by atoms with Crippen LogP contribution in [0.3, 0.4) is 0 Å². The topological polar surface area (TPSA) is 96.9 Å². The second-order valence-electron chi connectivity index (χ2n) is 4.92. The first-order valence-corrected chi connectivity index (χ1v) is 8.43. The van der Waals surface area contributed by atoms with Gasteiger partial charge >= 0.3 is 0 Å². The Balaban J connectivity index is 1.58. The van der Waals surface area contributed by atoms with Gasteiger partial charge in [0.15, 0.2) is 5.13 Å². The summed E-state index contributed by atoms with van der Waals surface area (Å²) in [6, 6.07) is 6.88. The lowest BCUT2D eigenvalue weighted by atomic mass is 10.3. The Morgan fingerprint density at radius 1 is 1.20 bits per heavy atom. The Morgan fingerprint density at radius 3 is 2.84 bits per heavy atom. The first-order valence-electron chi connectivity index (χ1n) is 7.17. The largest absolute Gasteiger partial charge is 0.326 e. The van der Waals surface area contributed by atoms with Gasteiger partial charge in [-0.05, 0) is 18.2 Å². The fraction of sp³-hybridized carbons (Fsp3) is 0.0625. The molecule has 0 saturated carbocycles. The molecule has 25 heavy (non-hydrogen) atoms. The van der Waals surface area contributed by atoms with Crippen molar-refractivity contribution in [2.75, 3.05) is 10.6 Å². The summed E-state index contributed by atoms with van der Waals surface area (Å²) >= 11 is 7.11. The lowest BCUT2D eigenvalue weighted by Crippen LogP contribution is -2.15. The Bertz CT molecular complexity index is 900. The number of nitrogens with one attached hydrogen (secondary N) is 2. The first kappa shape index (κ1) is 17.0. The number of thiazole rings is 1. The van der Waals surface area contributed by atoms with Crippen molar-refractivity contribution in [3.8, 4) is 0 Å². The van der Waals surface area contributed by atoms with E-state index >= 15 is 0 Å². The minimum atomic E-state index is -0.405. The van der Waals surface area contributed by atoms with Crippen LogP contribution in [0.5, 0.6) is 0 Å². The van der Waals surface area contributed by atoms with E-state index in [0.29, 0.717) is 21.5 Å². The van der Waals surface area contributed by atoms with Crippen molar-refractivity contribution in [3.63, 3.8) is 0 Å². The number of anilines is 2. The van der Waals surface area contributed by atoms with Gasteiger partial charge in [0.2, 0.25) is 5.91 Å². The number of hydrogen-bond acceptors (Lipinski definition) is 6. The zero-order valence-corrected chi connectivity index (χ0v) is 14.3. The lowest BCUT2D eigenvalue weighted by molar-refractivity contribution is -0.115. The quantitative estimate of drug-likeness (QED) is 0.716. The van der Waals surface area contributed by atoms with Gasteiger partial charge < -0.3 is 5.32 Å². The molecule has 2 amide bonds. The molecule has 0 unspecified atom stereocenters. The summed E-state index contributed by atoms with van der Waals surface area (Å²) in [5.74, 6) is -0.628. The molecule has 0 aliphatic rings. The molecule has 126 valence electrons. The summed E-state index contributed by atoms with van der Waals surface area (Å²) in [7, 11) is 0. The highest BCUT2D eigenvalue weighted by atomic mass is 35.5. The van der Waals surface area contributed by atoms with Crippen LogP contribution >= 0.6 is 22.9 Å². The van der Waals surface area contributed by atoms with E-state index in [0.717, 1.165) is 0 Å². The molecule has 0 fully saturated rings. The van der Waals surface area contributed by atoms with Gasteiger partial charge in [-0.1, -0.05) is 17.7 Å². The van der Waals surface area contributed by atoms with Crippen LogP contribution in [-0.4, -0.2) is 26.8 Å². The van der Waals surface area contributed by atoms with Crippen molar-refractivity contribution in [1.29, 1.82) is 0 Å². The number of nitrogens with zero attached hydrogens (tertiary/aromatic N) is 3. The number of halogens is 1. The van der Waals surface area contributed by atoms with Crippen molar-refractivity contribution < 1.29 is 9.59 Å². The maximum Gasteiger partial charge on any atom is 0.277 e. The molecular formula is C16H12ClN5O2S. The van der Waals surface area contributed by atoms with E-state index in [-0.39, 0.29) is 18.0 Å². The highest BCUT2D eigenvalue weighted by molar-refractivity contribution is 7.14. The summed E-state index contributed by atoms with van der Waals surface area (Å²) in [6.07, 6.45) is 4.37. The highest BCUT2D eigenvalue weighted by Crippen LogP contribution is 2.18. The number of aromatic nitrogens is 3. The minimum absolute atomic E-state index is 0.0873. The van der Waals surface area contributed by atoms with E-state index in [1.165, 1.54) is 29.9 Å². The summed E-state index contributed by atoms with van der Waals surface area (Å²) < 4.78 is 0. The minimum Gasteiger partial charge on any atom is -0.326 e. The molecular weight excluding hydrogens is 362 g/mol. The van der Waals surface area contributed by atoms with E-state index in [1.54, 1.807) is 29.6 Å².